The van der Waals surface area contributed by atoms with E-state index in [-0.39, 0.29) is 0 Å². The van der Waals surface area contributed by atoms with Crippen molar-refractivity contribution >= 4 is 34.3 Å². The average Bonchev–Trinajstić information content (AvgIpc) is 2.95. The predicted molar refractivity (Wildman–Crippen MR) is 115 cm³/mol. The maximum Gasteiger partial charge on any atom is 0.129 e. The Kier molecular flexibility index (Phi) is 5.82. The fourth-order valence-corrected chi connectivity index (χ4v) is 5.67. The van der Waals surface area contributed by atoms with Gasteiger partial charge in [-0.3, -0.25) is 0 Å². The molecule has 0 saturated carbocycles. The van der Waals surface area contributed by atoms with Crippen molar-refractivity contribution in [2.45, 2.75) is 45.4 Å². The Morgan fingerprint density at radius 2 is 1.89 bits per heavy atom. The summed E-state index contributed by atoms with van der Waals surface area (Å²) in [6.07, 6.45) is 6.07. The van der Waals surface area contributed by atoms with Crippen LogP contribution in [-0.2, 0) is 17.6 Å². The third kappa shape index (κ3) is 4.21. The van der Waals surface area contributed by atoms with Crippen molar-refractivity contribution in [1.82, 2.24) is 4.90 Å². The lowest BCUT2D eigenvalue weighted by Gasteiger charge is -2.30. The van der Waals surface area contributed by atoms with Crippen LogP contribution in [0.1, 0.15) is 54.2 Å². The van der Waals surface area contributed by atoms with E-state index < -0.39 is 0 Å². The summed E-state index contributed by atoms with van der Waals surface area (Å²) in [5.41, 5.74) is 7.26. The SMILES string of the molecule is CC(=O)CCCN1CCC(=C2c3ccccc3CCc3sc(Cl)cc32)CC1. The third-order valence-corrected chi connectivity index (χ3v) is 7.10. The zero-order valence-electron chi connectivity index (χ0n) is 15.9. The normalized spacial score (nSPS) is 17.4. The smallest absolute Gasteiger partial charge is 0.129 e. The molecule has 0 atom stereocenters. The molecule has 4 rings (SSSR count). The molecule has 2 heterocycles. The number of hydrogen-bond acceptors (Lipinski definition) is 3. The van der Waals surface area contributed by atoms with Gasteiger partial charge in [-0.2, -0.15) is 0 Å². The van der Waals surface area contributed by atoms with Gasteiger partial charge < -0.3 is 9.69 Å². The van der Waals surface area contributed by atoms with E-state index >= 15 is 0 Å². The monoisotopic (exact) mass is 399 g/mol. The van der Waals surface area contributed by atoms with Gasteiger partial charge in [0.05, 0.1) is 4.34 Å². The number of rotatable bonds is 4. The van der Waals surface area contributed by atoms with Crippen LogP contribution in [0.15, 0.2) is 35.9 Å². The Labute approximate surface area is 170 Å². The number of aryl methyl sites for hydroxylation is 2. The van der Waals surface area contributed by atoms with Gasteiger partial charge in [-0.05, 0) is 73.9 Å². The Morgan fingerprint density at radius 1 is 1.11 bits per heavy atom. The number of fused-ring (bicyclic) bond motifs is 2. The molecule has 27 heavy (non-hydrogen) atoms. The number of halogens is 1. The first-order valence-corrected chi connectivity index (χ1v) is 11.1. The molecule has 142 valence electrons. The van der Waals surface area contributed by atoms with E-state index in [1.165, 1.54) is 27.1 Å². The van der Waals surface area contributed by atoms with E-state index in [2.05, 4.69) is 35.2 Å². The van der Waals surface area contributed by atoms with Crippen molar-refractivity contribution in [3.63, 3.8) is 0 Å². The topological polar surface area (TPSA) is 20.3 Å². The molecule has 1 aromatic carbocycles. The minimum absolute atomic E-state index is 0.298. The second-order valence-corrected chi connectivity index (χ2v) is 9.44. The summed E-state index contributed by atoms with van der Waals surface area (Å²) in [5, 5.41) is 0. The van der Waals surface area contributed by atoms with Crippen molar-refractivity contribution in [3.05, 3.63) is 61.8 Å². The van der Waals surface area contributed by atoms with Crippen LogP contribution in [0.5, 0.6) is 0 Å². The molecular formula is C23H26ClNOS. The first-order chi connectivity index (χ1) is 13.1. The zero-order chi connectivity index (χ0) is 18.8. The highest BCUT2D eigenvalue weighted by atomic mass is 35.5. The lowest BCUT2D eigenvalue weighted by molar-refractivity contribution is -0.117. The Balaban J connectivity index is 1.62. The average molecular weight is 400 g/mol. The molecule has 0 amide bonds. The van der Waals surface area contributed by atoms with Crippen molar-refractivity contribution in [2.24, 2.45) is 0 Å². The molecule has 0 spiro atoms. The summed E-state index contributed by atoms with van der Waals surface area (Å²) in [5.74, 6) is 0.298. The number of Topliss-reactive ketones (excluding diaryl/α,β-unsaturated/α-hetero) is 1. The van der Waals surface area contributed by atoms with Gasteiger partial charge in [0.1, 0.15) is 5.78 Å². The predicted octanol–water partition coefficient (Wildman–Crippen LogP) is 5.77. The second kappa shape index (κ2) is 8.30. The van der Waals surface area contributed by atoms with E-state index in [1.54, 1.807) is 23.8 Å². The maximum atomic E-state index is 11.2. The van der Waals surface area contributed by atoms with Crippen molar-refractivity contribution in [2.75, 3.05) is 19.6 Å². The molecule has 4 heteroatoms. The molecule has 1 aliphatic heterocycles. The summed E-state index contributed by atoms with van der Waals surface area (Å²) in [4.78, 5) is 15.1. The second-order valence-electron chi connectivity index (χ2n) is 7.67. The molecule has 0 radical (unpaired) electrons. The van der Waals surface area contributed by atoms with Crippen LogP contribution in [-0.4, -0.2) is 30.3 Å². The summed E-state index contributed by atoms with van der Waals surface area (Å²) in [6, 6.07) is 11.1. The van der Waals surface area contributed by atoms with Crippen molar-refractivity contribution < 1.29 is 4.79 Å². The van der Waals surface area contributed by atoms with Gasteiger partial charge in [-0.25, -0.2) is 0 Å². The highest BCUT2D eigenvalue weighted by Gasteiger charge is 2.25. The summed E-state index contributed by atoms with van der Waals surface area (Å²) >= 11 is 8.15. The standard InChI is InChI=1S/C23H26ClNOS/c1-16(26)5-4-12-25-13-10-18(11-14-25)23-19-7-3-2-6-17(19)8-9-21-20(23)15-22(24)27-21/h2-3,6-7,15H,4-5,8-14H2,1H3. The van der Waals surface area contributed by atoms with Gasteiger partial charge in [0.15, 0.2) is 0 Å². The van der Waals surface area contributed by atoms with Crippen LogP contribution in [0.25, 0.3) is 5.57 Å². The van der Waals surface area contributed by atoms with E-state index in [4.69, 9.17) is 11.6 Å². The molecule has 2 aromatic rings. The summed E-state index contributed by atoms with van der Waals surface area (Å²) < 4.78 is 0.902. The number of carbonyl (C=O) groups is 1. The van der Waals surface area contributed by atoms with E-state index in [1.807, 2.05) is 0 Å². The Morgan fingerprint density at radius 3 is 2.67 bits per heavy atom. The number of piperidine rings is 1. The highest BCUT2D eigenvalue weighted by molar-refractivity contribution is 7.16. The minimum Gasteiger partial charge on any atom is -0.303 e. The Bertz CT molecular complexity index is 872. The van der Waals surface area contributed by atoms with E-state index in [9.17, 15) is 4.79 Å². The lowest BCUT2D eigenvalue weighted by atomic mass is 9.87. The summed E-state index contributed by atoms with van der Waals surface area (Å²) in [7, 11) is 0. The molecule has 1 fully saturated rings. The van der Waals surface area contributed by atoms with Gasteiger partial charge in [0.25, 0.3) is 0 Å². The quantitative estimate of drug-likeness (QED) is 0.650. The van der Waals surface area contributed by atoms with Crippen LogP contribution in [0.4, 0.5) is 0 Å². The third-order valence-electron chi connectivity index (χ3n) is 5.77. The number of likely N-dealkylation sites (tertiary alicyclic amines) is 1. The van der Waals surface area contributed by atoms with Crippen LogP contribution in [0.3, 0.4) is 0 Å². The van der Waals surface area contributed by atoms with Crippen LogP contribution in [0.2, 0.25) is 4.34 Å². The number of hydrogen-bond donors (Lipinski definition) is 0. The van der Waals surface area contributed by atoms with Crippen LogP contribution in [0, 0.1) is 0 Å². The molecule has 0 unspecified atom stereocenters. The van der Waals surface area contributed by atoms with Crippen LogP contribution >= 0.6 is 22.9 Å². The molecule has 0 bridgehead atoms. The number of benzene rings is 1. The van der Waals surface area contributed by atoms with Crippen molar-refractivity contribution in [3.8, 4) is 0 Å². The minimum atomic E-state index is 0.298. The number of carbonyl (C=O) groups excluding carboxylic acids is 1. The Hall–Kier alpha value is -1.42. The number of ketones is 1. The highest BCUT2D eigenvalue weighted by Crippen LogP contribution is 2.42. The fraction of sp³-hybridized carbons (Fsp3) is 0.435. The van der Waals surface area contributed by atoms with E-state index in [0.29, 0.717) is 12.2 Å². The number of thiophene rings is 1. The zero-order valence-corrected chi connectivity index (χ0v) is 17.5. The summed E-state index contributed by atoms with van der Waals surface area (Å²) in [6.45, 7) is 4.90. The molecule has 2 aliphatic rings. The first-order valence-electron chi connectivity index (χ1n) is 9.92. The molecular weight excluding hydrogens is 374 g/mol. The maximum absolute atomic E-state index is 11.2. The number of nitrogens with zero attached hydrogens (tertiary/aromatic N) is 1. The van der Waals surface area contributed by atoms with Gasteiger partial charge >= 0.3 is 0 Å². The van der Waals surface area contributed by atoms with Crippen LogP contribution < -0.4 is 0 Å². The molecule has 2 nitrogen and oxygen atoms in total. The molecule has 1 aliphatic carbocycles. The molecule has 0 N–H and O–H groups in total. The molecule has 1 aromatic heterocycles. The van der Waals surface area contributed by atoms with Crippen molar-refractivity contribution in [1.29, 1.82) is 0 Å². The van der Waals surface area contributed by atoms with E-state index in [0.717, 1.165) is 56.1 Å². The first kappa shape index (κ1) is 18.9. The lowest BCUT2D eigenvalue weighted by Crippen LogP contribution is -2.32. The van der Waals surface area contributed by atoms with Gasteiger partial charge in [-0.1, -0.05) is 41.4 Å². The van der Waals surface area contributed by atoms with Gasteiger partial charge in [-0.15, -0.1) is 11.3 Å². The fourth-order valence-electron chi connectivity index (χ4n) is 4.40. The largest absolute Gasteiger partial charge is 0.303 e. The van der Waals surface area contributed by atoms with Gasteiger partial charge in [0.2, 0.25) is 0 Å². The van der Waals surface area contributed by atoms with Gasteiger partial charge in [0, 0.05) is 24.4 Å². The molecule has 1 saturated heterocycles.